The smallest absolute Gasteiger partial charge is 0.336 e. The summed E-state index contributed by atoms with van der Waals surface area (Å²) in [5.74, 6) is -2.28. The Hall–Kier alpha value is -3.41. The molecule has 2 heterocycles. The zero-order valence-corrected chi connectivity index (χ0v) is 28.1. The highest BCUT2D eigenvalue weighted by atomic mass is 32.2. The van der Waals surface area contributed by atoms with Crippen molar-refractivity contribution >= 4 is 53.4 Å². The fraction of sp³-hybridized carbons (Fsp3) is 0.400. The molecule has 4 rings (SSSR count). The highest BCUT2D eigenvalue weighted by Crippen LogP contribution is 2.49. The fourth-order valence-electron chi connectivity index (χ4n) is 6.49. The first-order valence-electron chi connectivity index (χ1n) is 14.2. The van der Waals surface area contributed by atoms with E-state index in [1.54, 1.807) is 59.8 Å². The second kappa shape index (κ2) is 12.3. The molecule has 250 valence electrons. The number of carboxylic acids is 1. The first kappa shape index (κ1) is 35.4. The van der Waals surface area contributed by atoms with Gasteiger partial charge in [0.05, 0.1) is 32.4 Å². The molecule has 0 unspecified atom stereocenters. The number of rotatable bonds is 12. The number of anilines is 1. The molecule has 2 aliphatic rings. The maximum atomic E-state index is 12.3. The van der Waals surface area contributed by atoms with E-state index in [1.807, 2.05) is 13.8 Å². The van der Waals surface area contributed by atoms with Crippen molar-refractivity contribution < 1.29 is 53.4 Å². The third-order valence-corrected chi connectivity index (χ3v) is 10.8. The van der Waals surface area contributed by atoms with Crippen molar-refractivity contribution in [3.8, 4) is 0 Å². The van der Waals surface area contributed by atoms with Crippen LogP contribution >= 0.6 is 0 Å². The number of nitrogens with zero attached hydrogens (tertiary/aromatic N) is 2. The van der Waals surface area contributed by atoms with Crippen LogP contribution in [0.25, 0.3) is 0 Å². The van der Waals surface area contributed by atoms with E-state index in [0.717, 1.165) is 0 Å². The van der Waals surface area contributed by atoms with Gasteiger partial charge in [0, 0.05) is 53.2 Å². The lowest BCUT2D eigenvalue weighted by Crippen LogP contribution is -2.30. The van der Waals surface area contributed by atoms with Crippen LogP contribution in [0.2, 0.25) is 0 Å². The van der Waals surface area contributed by atoms with Crippen molar-refractivity contribution in [2.24, 2.45) is 0 Å². The molecule has 0 amide bonds. The Morgan fingerprint density at radius 3 is 2.15 bits per heavy atom. The summed E-state index contributed by atoms with van der Waals surface area (Å²) < 4.78 is 103. The molecule has 0 aromatic heterocycles. The van der Waals surface area contributed by atoms with Crippen LogP contribution in [0.4, 0.5) is 11.4 Å². The molecule has 2 aliphatic heterocycles. The molecular formula is C30H36N2O11S3. The lowest BCUT2D eigenvalue weighted by atomic mass is 9.80. The molecule has 0 fully saturated rings. The number of allylic oxidation sites excluding steroid dienone is 4. The van der Waals surface area contributed by atoms with Crippen LogP contribution in [0.5, 0.6) is 0 Å². The molecule has 0 saturated carbocycles. The van der Waals surface area contributed by atoms with Crippen molar-refractivity contribution in [1.82, 2.24) is 0 Å². The van der Waals surface area contributed by atoms with Gasteiger partial charge < -0.3 is 14.6 Å². The Labute approximate surface area is 268 Å². The van der Waals surface area contributed by atoms with Gasteiger partial charge in [-0.2, -0.15) is 21.4 Å². The van der Waals surface area contributed by atoms with Crippen molar-refractivity contribution in [2.45, 2.75) is 56.3 Å². The van der Waals surface area contributed by atoms with Crippen molar-refractivity contribution in [1.29, 1.82) is 0 Å². The molecule has 2 aromatic carbocycles. The Bertz CT molecular complexity index is 2010. The third kappa shape index (κ3) is 7.11. The lowest BCUT2D eigenvalue weighted by molar-refractivity contribution is -0.437. The van der Waals surface area contributed by atoms with E-state index in [9.17, 15) is 48.8 Å². The van der Waals surface area contributed by atoms with Crippen molar-refractivity contribution in [3.63, 3.8) is 0 Å². The third-order valence-electron chi connectivity index (χ3n) is 8.32. The highest BCUT2D eigenvalue weighted by Gasteiger charge is 2.48. The largest absolute Gasteiger partial charge is 0.748 e. The number of benzene rings is 2. The minimum absolute atomic E-state index is 0.0429. The maximum absolute atomic E-state index is 12.3. The summed E-state index contributed by atoms with van der Waals surface area (Å²) in [4.78, 5) is 13.7. The Morgan fingerprint density at radius 1 is 0.913 bits per heavy atom. The molecular weight excluding hydrogens is 661 g/mol. The summed E-state index contributed by atoms with van der Waals surface area (Å²) in [6.07, 6.45) is 5.08. The molecule has 0 atom stereocenters. The Kier molecular flexibility index (Phi) is 9.49. The average molecular weight is 697 g/mol. The molecule has 13 nitrogen and oxygen atoms in total. The SMILES string of the molecule is CC1(C)C(/C=C/C=C2/N(CCCS(=O)(=O)O)c3cccc(C(=O)O)c3C2(C)C)=[N+](CCCS(=O)(=O)[O-])c2cccc(S(=O)(=O)O)c21. The van der Waals surface area contributed by atoms with Crippen LogP contribution in [0.15, 0.2) is 65.2 Å². The van der Waals surface area contributed by atoms with Crippen LogP contribution in [-0.2, 0) is 41.2 Å². The minimum Gasteiger partial charge on any atom is -0.748 e. The summed E-state index contributed by atoms with van der Waals surface area (Å²) in [6.45, 7) is 7.33. The summed E-state index contributed by atoms with van der Waals surface area (Å²) in [7, 11) is -13.4. The van der Waals surface area contributed by atoms with Crippen LogP contribution in [0, 0.1) is 0 Å². The molecule has 2 aromatic rings. The quantitative estimate of drug-likeness (QED) is 0.215. The van der Waals surface area contributed by atoms with Gasteiger partial charge in [-0.1, -0.05) is 32.1 Å². The van der Waals surface area contributed by atoms with Gasteiger partial charge in [0.2, 0.25) is 5.69 Å². The Balaban J connectivity index is 1.85. The second-order valence-electron chi connectivity index (χ2n) is 12.2. The highest BCUT2D eigenvalue weighted by molar-refractivity contribution is 7.86. The maximum Gasteiger partial charge on any atom is 0.336 e. The molecule has 3 N–H and O–H groups in total. The second-order valence-corrected chi connectivity index (χ2v) is 16.7. The normalized spacial score (nSPS) is 18.4. The number of hydrogen-bond acceptors (Lipinski definition) is 9. The van der Waals surface area contributed by atoms with E-state index in [2.05, 4.69) is 0 Å². The predicted octanol–water partition coefficient (Wildman–Crippen LogP) is 3.46. The molecule has 16 heteroatoms. The average Bonchev–Trinajstić information content (AvgIpc) is 3.26. The molecule has 0 saturated heterocycles. The van der Waals surface area contributed by atoms with Crippen molar-refractivity contribution in [3.05, 3.63) is 77.0 Å². The van der Waals surface area contributed by atoms with Gasteiger partial charge in [-0.15, -0.1) is 0 Å². The topological polar surface area (TPSA) is 209 Å². The zero-order valence-electron chi connectivity index (χ0n) is 25.7. The van der Waals surface area contributed by atoms with E-state index in [4.69, 9.17) is 0 Å². The van der Waals surface area contributed by atoms with Gasteiger partial charge in [-0.3, -0.25) is 9.11 Å². The van der Waals surface area contributed by atoms with Crippen LogP contribution in [0.3, 0.4) is 0 Å². The summed E-state index contributed by atoms with van der Waals surface area (Å²) in [5, 5.41) is 9.94. The van der Waals surface area contributed by atoms with E-state index in [0.29, 0.717) is 33.9 Å². The predicted molar refractivity (Wildman–Crippen MR) is 170 cm³/mol. The minimum atomic E-state index is -4.64. The van der Waals surface area contributed by atoms with E-state index >= 15 is 0 Å². The summed E-state index contributed by atoms with van der Waals surface area (Å²) in [5.41, 5.74) is 1.15. The lowest BCUT2D eigenvalue weighted by Gasteiger charge is -2.27. The van der Waals surface area contributed by atoms with Gasteiger partial charge in [-0.25, -0.2) is 13.2 Å². The standard InChI is InChI=1S/C30H36N2O11S3/c1-29(2)24(31(16-8-18-44(35,36)37)21-11-5-10-20(26(21)29)28(33)34)14-7-15-25-30(3,4)27-22(12-6-13-23(27)46(41,42)43)32(25)17-9-19-45(38,39)40/h5-7,10-15H,8-9,16-19H2,1-4H3,(H3-,33,34,35,36,37,38,39,40,41,42,43). The number of carboxylic acid groups (broad SMARTS) is 1. The molecule has 0 aliphatic carbocycles. The van der Waals surface area contributed by atoms with Crippen LogP contribution < -0.4 is 4.90 Å². The van der Waals surface area contributed by atoms with Gasteiger partial charge in [0.15, 0.2) is 5.71 Å². The van der Waals surface area contributed by atoms with Gasteiger partial charge in [-0.05, 0) is 44.5 Å². The fourth-order valence-corrected chi connectivity index (χ4v) is 8.34. The summed E-state index contributed by atoms with van der Waals surface area (Å²) >= 11 is 0. The number of hydrogen-bond donors (Lipinski definition) is 3. The van der Waals surface area contributed by atoms with Gasteiger partial charge in [0.25, 0.3) is 20.2 Å². The molecule has 0 spiro atoms. The monoisotopic (exact) mass is 696 g/mol. The number of fused-ring (bicyclic) bond motifs is 2. The number of carbonyl (C=O) groups is 1. The molecule has 46 heavy (non-hydrogen) atoms. The first-order valence-corrected chi connectivity index (χ1v) is 18.9. The zero-order chi connectivity index (χ0) is 34.5. The number of aromatic carboxylic acids is 1. The molecule has 0 radical (unpaired) electrons. The van der Waals surface area contributed by atoms with Crippen molar-refractivity contribution in [2.75, 3.05) is 29.5 Å². The van der Waals surface area contributed by atoms with E-state index in [1.165, 1.54) is 18.2 Å². The van der Waals surface area contributed by atoms with E-state index < -0.39 is 58.7 Å². The first-order chi connectivity index (χ1) is 21.1. The van der Waals surface area contributed by atoms with Gasteiger partial charge >= 0.3 is 5.97 Å². The van der Waals surface area contributed by atoms with Crippen LogP contribution in [0.1, 0.15) is 62.0 Å². The molecule has 0 bridgehead atoms. The summed E-state index contributed by atoms with van der Waals surface area (Å²) in [6, 6.07) is 9.17. The van der Waals surface area contributed by atoms with E-state index in [-0.39, 0.29) is 36.4 Å². The van der Waals surface area contributed by atoms with Gasteiger partial charge in [0.1, 0.15) is 11.4 Å². The van der Waals surface area contributed by atoms with Crippen LogP contribution in [-0.4, -0.2) is 84.9 Å². The Morgan fingerprint density at radius 2 is 1.57 bits per heavy atom.